The molecule has 0 aliphatic rings. The van der Waals surface area contributed by atoms with Crippen LogP contribution in [0.3, 0.4) is 0 Å². The summed E-state index contributed by atoms with van der Waals surface area (Å²) in [5.74, 6) is 0.641. The number of benzene rings is 2. The normalized spacial score (nSPS) is 14.1. The molecule has 0 heterocycles. The minimum atomic E-state index is 0.277. The molecule has 19 heavy (non-hydrogen) atoms. The van der Waals surface area contributed by atoms with Crippen LogP contribution in [0.2, 0.25) is 0 Å². The van der Waals surface area contributed by atoms with Gasteiger partial charge in [0.25, 0.3) is 0 Å². The Kier molecular flexibility index (Phi) is 4.81. The highest BCUT2D eigenvalue weighted by atomic mass is 79.9. The second kappa shape index (κ2) is 6.38. The number of aryl methyl sites for hydroxylation is 1. The van der Waals surface area contributed by atoms with E-state index in [2.05, 4.69) is 85.2 Å². The van der Waals surface area contributed by atoms with E-state index in [1.54, 1.807) is 0 Å². The highest BCUT2D eigenvalue weighted by molar-refractivity contribution is 9.09. The predicted octanol–water partition coefficient (Wildman–Crippen LogP) is 5.99. The van der Waals surface area contributed by atoms with Gasteiger partial charge in [0.15, 0.2) is 0 Å². The summed E-state index contributed by atoms with van der Waals surface area (Å²) in [7, 11) is 0. The summed E-state index contributed by atoms with van der Waals surface area (Å²) in [5, 5.41) is 0. The van der Waals surface area contributed by atoms with Crippen molar-refractivity contribution in [3.63, 3.8) is 0 Å². The fourth-order valence-corrected chi connectivity index (χ4v) is 2.77. The van der Waals surface area contributed by atoms with E-state index in [-0.39, 0.29) is 4.83 Å². The van der Waals surface area contributed by atoms with Gasteiger partial charge in [0.05, 0.1) is 4.83 Å². The highest BCUT2D eigenvalue weighted by Gasteiger charge is 2.10. The monoisotopic (exact) mass is 316 g/mol. The van der Waals surface area contributed by atoms with Gasteiger partial charge in [-0.1, -0.05) is 83.9 Å². The van der Waals surface area contributed by atoms with Crippen LogP contribution >= 0.6 is 15.9 Å². The van der Waals surface area contributed by atoms with Crippen LogP contribution in [0.1, 0.15) is 53.3 Å². The Bertz CT molecular complexity index is 510. The maximum Gasteiger partial charge on any atom is 0.0644 e. The van der Waals surface area contributed by atoms with Gasteiger partial charge in [-0.3, -0.25) is 0 Å². The SMILES string of the molecule is CCC(C)c1ccc(C(Br)c2ccc(C)cc2)cc1. The van der Waals surface area contributed by atoms with Crippen LogP contribution in [0.25, 0.3) is 0 Å². The third-order valence-electron chi connectivity index (χ3n) is 3.78. The molecule has 0 radical (unpaired) electrons. The van der Waals surface area contributed by atoms with Crippen LogP contribution in [0, 0.1) is 6.92 Å². The molecule has 0 saturated carbocycles. The van der Waals surface area contributed by atoms with Gasteiger partial charge < -0.3 is 0 Å². The lowest BCUT2D eigenvalue weighted by atomic mass is 9.96. The number of rotatable bonds is 4. The van der Waals surface area contributed by atoms with Gasteiger partial charge in [-0.05, 0) is 36.0 Å². The number of alkyl halides is 1. The first kappa shape index (κ1) is 14.3. The summed E-state index contributed by atoms with van der Waals surface area (Å²) in [6.45, 7) is 6.63. The molecule has 2 aromatic carbocycles. The molecule has 0 bridgehead atoms. The lowest BCUT2D eigenvalue weighted by Crippen LogP contribution is -1.95. The van der Waals surface area contributed by atoms with E-state index < -0.39 is 0 Å². The molecule has 0 aliphatic carbocycles. The molecular formula is C18H21Br. The molecule has 0 N–H and O–H groups in total. The average molecular weight is 317 g/mol. The zero-order chi connectivity index (χ0) is 13.8. The van der Waals surface area contributed by atoms with Crippen LogP contribution < -0.4 is 0 Å². The molecule has 2 rings (SSSR count). The maximum absolute atomic E-state index is 3.80. The van der Waals surface area contributed by atoms with Gasteiger partial charge in [-0.25, -0.2) is 0 Å². The molecule has 0 aromatic heterocycles. The molecule has 0 spiro atoms. The third kappa shape index (κ3) is 3.48. The highest BCUT2D eigenvalue weighted by Crippen LogP contribution is 2.31. The van der Waals surface area contributed by atoms with E-state index in [9.17, 15) is 0 Å². The fraction of sp³-hybridized carbons (Fsp3) is 0.333. The van der Waals surface area contributed by atoms with Gasteiger partial charge in [-0.15, -0.1) is 0 Å². The van der Waals surface area contributed by atoms with Crippen molar-refractivity contribution < 1.29 is 0 Å². The second-order valence-electron chi connectivity index (χ2n) is 5.25. The fourth-order valence-electron chi connectivity index (χ4n) is 2.16. The molecule has 0 nitrogen and oxygen atoms in total. The Labute approximate surface area is 125 Å². The smallest absolute Gasteiger partial charge is 0.0644 e. The first-order valence-electron chi connectivity index (χ1n) is 6.92. The van der Waals surface area contributed by atoms with Crippen molar-refractivity contribution in [3.05, 3.63) is 70.8 Å². The van der Waals surface area contributed by atoms with Gasteiger partial charge >= 0.3 is 0 Å². The Morgan fingerprint density at radius 3 is 1.74 bits per heavy atom. The van der Waals surface area contributed by atoms with Crippen molar-refractivity contribution in [1.29, 1.82) is 0 Å². The first-order chi connectivity index (χ1) is 9.11. The van der Waals surface area contributed by atoms with E-state index in [1.165, 1.54) is 28.7 Å². The summed E-state index contributed by atoms with van der Waals surface area (Å²) in [6, 6.07) is 17.7. The predicted molar refractivity (Wildman–Crippen MR) is 87.1 cm³/mol. The molecule has 2 atom stereocenters. The van der Waals surface area contributed by atoms with Gasteiger partial charge in [0.2, 0.25) is 0 Å². The summed E-state index contributed by atoms with van der Waals surface area (Å²) in [5.41, 5.74) is 5.35. The summed E-state index contributed by atoms with van der Waals surface area (Å²) in [4.78, 5) is 0.277. The van der Waals surface area contributed by atoms with Gasteiger partial charge in [0.1, 0.15) is 0 Å². The topological polar surface area (TPSA) is 0 Å². The molecule has 0 saturated heterocycles. The largest absolute Gasteiger partial charge is 0.0786 e. The standard InChI is InChI=1S/C18H21Br/c1-4-14(3)15-9-11-17(12-10-15)18(19)16-7-5-13(2)6-8-16/h5-12,14,18H,4H2,1-3H3. The summed E-state index contributed by atoms with van der Waals surface area (Å²) in [6.07, 6.45) is 1.19. The zero-order valence-corrected chi connectivity index (χ0v) is 13.4. The van der Waals surface area contributed by atoms with Crippen LogP contribution in [-0.4, -0.2) is 0 Å². The Morgan fingerprint density at radius 2 is 1.26 bits per heavy atom. The second-order valence-corrected chi connectivity index (χ2v) is 6.16. The molecule has 0 amide bonds. The van der Waals surface area contributed by atoms with Crippen molar-refractivity contribution in [1.82, 2.24) is 0 Å². The van der Waals surface area contributed by atoms with Gasteiger partial charge in [-0.2, -0.15) is 0 Å². The average Bonchev–Trinajstić information content (AvgIpc) is 2.46. The van der Waals surface area contributed by atoms with E-state index in [1.807, 2.05) is 0 Å². The van der Waals surface area contributed by atoms with E-state index in [0.29, 0.717) is 5.92 Å². The zero-order valence-electron chi connectivity index (χ0n) is 11.9. The van der Waals surface area contributed by atoms with E-state index >= 15 is 0 Å². The van der Waals surface area contributed by atoms with Crippen LogP contribution in [-0.2, 0) is 0 Å². The van der Waals surface area contributed by atoms with Gasteiger partial charge in [0, 0.05) is 0 Å². The lowest BCUT2D eigenvalue weighted by molar-refractivity contribution is 0.733. The van der Waals surface area contributed by atoms with Crippen molar-refractivity contribution in [2.75, 3.05) is 0 Å². The molecule has 0 aliphatic heterocycles. The Balaban J connectivity index is 2.19. The van der Waals surface area contributed by atoms with Crippen molar-refractivity contribution in [2.24, 2.45) is 0 Å². The van der Waals surface area contributed by atoms with Crippen LogP contribution in [0.5, 0.6) is 0 Å². The van der Waals surface area contributed by atoms with E-state index in [0.717, 1.165) is 0 Å². The molecule has 100 valence electrons. The number of hydrogen-bond donors (Lipinski definition) is 0. The molecular weight excluding hydrogens is 296 g/mol. The number of halogens is 1. The molecule has 0 fully saturated rings. The van der Waals surface area contributed by atoms with Crippen LogP contribution in [0.4, 0.5) is 0 Å². The van der Waals surface area contributed by atoms with Crippen LogP contribution in [0.15, 0.2) is 48.5 Å². The lowest BCUT2D eigenvalue weighted by Gasteiger charge is -2.14. The summed E-state index contributed by atoms with van der Waals surface area (Å²) < 4.78 is 0. The third-order valence-corrected chi connectivity index (χ3v) is 4.84. The first-order valence-corrected chi connectivity index (χ1v) is 7.84. The van der Waals surface area contributed by atoms with E-state index in [4.69, 9.17) is 0 Å². The summed E-state index contributed by atoms with van der Waals surface area (Å²) >= 11 is 3.80. The van der Waals surface area contributed by atoms with Crippen molar-refractivity contribution >= 4 is 15.9 Å². The molecule has 1 heteroatoms. The minimum Gasteiger partial charge on any atom is -0.0786 e. The molecule has 2 aromatic rings. The minimum absolute atomic E-state index is 0.277. The Morgan fingerprint density at radius 1 is 0.842 bits per heavy atom. The van der Waals surface area contributed by atoms with Crippen molar-refractivity contribution in [2.45, 2.75) is 37.9 Å². The maximum atomic E-state index is 3.80. The van der Waals surface area contributed by atoms with Crippen molar-refractivity contribution in [3.8, 4) is 0 Å². The quantitative estimate of drug-likeness (QED) is 0.607. The molecule has 2 unspecified atom stereocenters. The Hall–Kier alpha value is -1.08. The number of hydrogen-bond acceptors (Lipinski definition) is 0.